The average Bonchev–Trinajstić information content (AvgIpc) is 2.93. The van der Waals surface area contributed by atoms with Crippen LogP contribution in [0.2, 0.25) is 0 Å². The van der Waals surface area contributed by atoms with Crippen LogP contribution in [-0.4, -0.2) is 33.2 Å². The number of hydrogen-bond donors (Lipinski definition) is 3. The van der Waals surface area contributed by atoms with E-state index < -0.39 is 11.9 Å². The molecule has 0 fully saturated rings. The normalized spacial score (nSPS) is 15.6. The molecular weight excluding hydrogens is 456 g/mol. The number of aryl methyl sites for hydroxylation is 1. The van der Waals surface area contributed by atoms with Gasteiger partial charge in [-0.15, -0.1) is 0 Å². The number of Topliss-reactive ketones (excluding diaryl/α,β-unsaturated/α-hetero) is 1. The molecule has 0 aliphatic heterocycles. The maximum Gasteiger partial charge on any atom is 0.335 e. The van der Waals surface area contributed by atoms with Gasteiger partial charge in [0.15, 0.2) is 5.78 Å². The minimum absolute atomic E-state index is 0.189. The number of hydrogen-bond acceptors (Lipinski definition) is 9. The van der Waals surface area contributed by atoms with Crippen molar-refractivity contribution in [2.24, 2.45) is 11.8 Å². The van der Waals surface area contributed by atoms with E-state index in [1.165, 1.54) is 11.8 Å². The molecule has 3 aromatic rings. The molecule has 0 amide bonds. The van der Waals surface area contributed by atoms with Crippen LogP contribution in [0.5, 0.6) is 0 Å². The quantitative estimate of drug-likeness (QED) is 0.152. The summed E-state index contributed by atoms with van der Waals surface area (Å²) in [5, 5.41) is 6.80. The van der Waals surface area contributed by atoms with E-state index in [1.807, 2.05) is 30.5 Å². The summed E-state index contributed by atoms with van der Waals surface area (Å²) in [5.74, 6) is 3.10. The predicted molar refractivity (Wildman–Crippen MR) is 134 cm³/mol. The molecule has 0 saturated heterocycles. The Morgan fingerprint density at radius 2 is 1.86 bits per heavy atom. The van der Waals surface area contributed by atoms with Crippen LogP contribution in [0, 0.1) is 5.92 Å². The summed E-state index contributed by atoms with van der Waals surface area (Å²) in [6.45, 7) is 1.80. The Labute approximate surface area is 210 Å². The van der Waals surface area contributed by atoms with Crippen molar-refractivity contribution in [3.8, 4) is 0 Å². The molecule has 1 aliphatic rings. The first-order chi connectivity index (χ1) is 17.7. The topological polar surface area (TPSA) is 132 Å². The van der Waals surface area contributed by atoms with Crippen molar-refractivity contribution in [2.45, 2.75) is 51.2 Å². The zero-order chi connectivity index (χ0) is 25.2. The van der Waals surface area contributed by atoms with Gasteiger partial charge < -0.3 is 15.5 Å². The van der Waals surface area contributed by atoms with Crippen LogP contribution in [0.1, 0.15) is 64.7 Å². The van der Waals surface area contributed by atoms with Crippen molar-refractivity contribution in [3.05, 3.63) is 89.3 Å². The van der Waals surface area contributed by atoms with Crippen LogP contribution in [0.4, 0.5) is 0 Å². The second kappa shape index (κ2) is 13.0. The summed E-state index contributed by atoms with van der Waals surface area (Å²) < 4.78 is 0. The fraction of sp³-hybridized carbons (Fsp3) is 0.370. The van der Waals surface area contributed by atoms with Crippen LogP contribution < -0.4 is 16.5 Å². The highest BCUT2D eigenvalue weighted by molar-refractivity contribution is 6.08. The Bertz CT molecular complexity index is 1140. The zero-order valence-electron chi connectivity index (χ0n) is 20.2. The van der Waals surface area contributed by atoms with Crippen LogP contribution >= 0.6 is 0 Å². The van der Waals surface area contributed by atoms with Gasteiger partial charge in [-0.05, 0) is 74.5 Å². The zero-order valence-corrected chi connectivity index (χ0v) is 20.2. The van der Waals surface area contributed by atoms with Gasteiger partial charge in [-0.1, -0.05) is 12.1 Å². The number of carbonyl (C=O) groups excluding carboxylic acids is 2. The third-order valence-electron chi connectivity index (χ3n) is 6.42. The number of nitrogens with zero attached hydrogens (tertiary/aromatic N) is 3. The summed E-state index contributed by atoms with van der Waals surface area (Å²) in [6, 6.07) is 13.5. The third-order valence-corrected chi connectivity index (χ3v) is 6.42. The summed E-state index contributed by atoms with van der Waals surface area (Å²) in [5.41, 5.74) is 4.46. The predicted octanol–water partition coefficient (Wildman–Crippen LogP) is 2.82. The fourth-order valence-corrected chi connectivity index (χ4v) is 4.53. The van der Waals surface area contributed by atoms with E-state index in [2.05, 4.69) is 36.5 Å². The van der Waals surface area contributed by atoms with E-state index in [0.29, 0.717) is 38.0 Å². The van der Waals surface area contributed by atoms with E-state index in [0.717, 1.165) is 36.3 Å². The SMILES string of the molecule is NOC(=O)C(CCCNC1CCCc2cccnc21)C(=O)c1ccc(CNCc2ccccn2)nc1. The lowest BCUT2D eigenvalue weighted by Gasteiger charge is -2.25. The van der Waals surface area contributed by atoms with Gasteiger partial charge in [-0.3, -0.25) is 19.7 Å². The maximum atomic E-state index is 13.1. The smallest absolute Gasteiger partial charge is 0.335 e. The van der Waals surface area contributed by atoms with Crippen LogP contribution in [-0.2, 0) is 29.1 Å². The highest BCUT2D eigenvalue weighted by Crippen LogP contribution is 2.27. The number of carbonyl (C=O) groups is 2. The van der Waals surface area contributed by atoms with Crippen LogP contribution in [0.15, 0.2) is 61.1 Å². The minimum atomic E-state index is -0.969. The summed E-state index contributed by atoms with van der Waals surface area (Å²) >= 11 is 0. The first-order valence-electron chi connectivity index (χ1n) is 12.3. The number of nitrogens with one attached hydrogen (secondary N) is 2. The lowest BCUT2D eigenvalue weighted by Crippen LogP contribution is -2.31. The molecule has 9 heteroatoms. The molecule has 2 unspecified atom stereocenters. The molecule has 4 N–H and O–H groups in total. The molecule has 36 heavy (non-hydrogen) atoms. The summed E-state index contributed by atoms with van der Waals surface area (Å²) in [6.07, 6.45) is 9.20. The molecule has 0 saturated carbocycles. The Morgan fingerprint density at radius 1 is 1.03 bits per heavy atom. The minimum Gasteiger partial charge on any atom is -0.373 e. The Morgan fingerprint density at radius 3 is 2.61 bits per heavy atom. The van der Waals surface area contributed by atoms with Crippen molar-refractivity contribution in [2.75, 3.05) is 6.54 Å². The van der Waals surface area contributed by atoms with Crippen LogP contribution in [0.3, 0.4) is 0 Å². The Kier molecular flexibility index (Phi) is 9.21. The number of aromatic nitrogens is 3. The van der Waals surface area contributed by atoms with Gasteiger partial charge >= 0.3 is 5.97 Å². The molecule has 9 nitrogen and oxygen atoms in total. The molecule has 0 aromatic carbocycles. The lowest BCUT2D eigenvalue weighted by molar-refractivity contribution is -0.147. The van der Waals surface area contributed by atoms with Crippen LogP contribution in [0.25, 0.3) is 0 Å². The first kappa shape index (κ1) is 25.6. The highest BCUT2D eigenvalue weighted by Gasteiger charge is 2.29. The van der Waals surface area contributed by atoms with E-state index in [1.54, 1.807) is 18.3 Å². The molecule has 3 aromatic heterocycles. The first-order valence-corrected chi connectivity index (χ1v) is 12.3. The number of nitrogens with two attached hydrogens (primary N) is 1. The average molecular weight is 489 g/mol. The largest absolute Gasteiger partial charge is 0.373 e. The van der Waals surface area contributed by atoms with Crippen molar-refractivity contribution >= 4 is 11.8 Å². The van der Waals surface area contributed by atoms with E-state index in [9.17, 15) is 9.59 Å². The number of ketones is 1. The molecule has 3 heterocycles. The number of rotatable bonds is 12. The molecule has 2 atom stereocenters. The van der Waals surface area contributed by atoms with E-state index in [4.69, 9.17) is 5.90 Å². The van der Waals surface area contributed by atoms with Gasteiger partial charge in [-0.25, -0.2) is 4.79 Å². The fourth-order valence-electron chi connectivity index (χ4n) is 4.53. The molecule has 0 spiro atoms. The third kappa shape index (κ3) is 6.78. The number of fused-ring (bicyclic) bond motifs is 1. The number of pyridine rings is 3. The maximum absolute atomic E-state index is 13.1. The van der Waals surface area contributed by atoms with Gasteiger partial charge in [0.2, 0.25) is 0 Å². The Balaban J connectivity index is 1.28. The molecule has 0 bridgehead atoms. The van der Waals surface area contributed by atoms with Crippen molar-refractivity contribution in [1.29, 1.82) is 0 Å². The van der Waals surface area contributed by atoms with Gasteiger partial charge in [0, 0.05) is 43.3 Å². The van der Waals surface area contributed by atoms with Gasteiger partial charge in [0.05, 0.1) is 17.1 Å². The highest BCUT2D eigenvalue weighted by atomic mass is 16.7. The molecule has 4 rings (SSSR count). The standard InChI is InChI=1S/C27H32N6O3/c28-36-27(35)23(9-5-14-31-24-10-3-6-19-7-4-15-32-25(19)24)26(34)20-11-12-22(33-16-20)18-29-17-21-8-1-2-13-30-21/h1-2,4,7-8,11-13,15-16,23-24,29,31H,3,5-6,9-10,14,17-18,28H2. The molecular formula is C27H32N6O3. The second-order valence-electron chi connectivity index (χ2n) is 8.91. The second-order valence-corrected chi connectivity index (χ2v) is 8.91. The van der Waals surface area contributed by atoms with Gasteiger partial charge in [-0.2, -0.15) is 5.90 Å². The van der Waals surface area contributed by atoms with Crippen molar-refractivity contribution in [3.63, 3.8) is 0 Å². The molecule has 188 valence electrons. The van der Waals surface area contributed by atoms with Gasteiger partial charge in [0.1, 0.15) is 5.92 Å². The van der Waals surface area contributed by atoms with Crippen molar-refractivity contribution < 1.29 is 14.4 Å². The molecule has 0 radical (unpaired) electrons. The van der Waals surface area contributed by atoms with E-state index >= 15 is 0 Å². The lowest BCUT2D eigenvalue weighted by atomic mass is 9.91. The summed E-state index contributed by atoms with van der Waals surface area (Å²) in [4.78, 5) is 43.0. The van der Waals surface area contributed by atoms with E-state index in [-0.39, 0.29) is 11.8 Å². The van der Waals surface area contributed by atoms with Gasteiger partial charge in [0.25, 0.3) is 0 Å². The summed E-state index contributed by atoms with van der Waals surface area (Å²) in [7, 11) is 0. The Hall–Kier alpha value is -3.53. The monoisotopic (exact) mass is 488 g/mol. The van der Waals surface area contributed by atoms with Crippen molar-refractivity contribution in [1.82, 2.24) is 25.6 Å². The molecule has 1 aliphatic carbocycles.